The maximum absolute atomic E-state index is 13.5. The third kappa shape index (κ3) is 6.59. The summed E-state index contributed by atoms with van der Waals surface area (Å²) in [5.41, 5.74) is 0.764. The lowest BCUT2D eigenvalue weighted by Gasteiger charge is -2.59. The van der Waals surface area contributed by atoms with Crippen molar-refractivity contribution in [2.75, 3.05) is 12.4 Å². The molecule has 0 radical (unpaired) electrons. The van der Waals surface area contributed by atoms with Crippen molar-refractivity contribution in [2.45, 2.75) is 77.4 Å². The van der Waals surface area contributed by atoms with Crippen molar-refractivity contribution >= 4 is 46.1 Å². The molecule has 4 bridgehead atoms. The number of hydrogen-bond donors (Lipinski definition) is 4. The predicted molar refractivity (Wildman–Crippen MR) is 173 cm³/mol. The van der Waals surface area contributed by atoms with Gasteiger partial charge in [0.05, 0.1) is 0 Å². The van der Waals surface area contributed by atoms with Crippen molar-refractivity contribution in [1.29, 1.82) is 0 Å². The van der Waals surface area contributed by atoms with E-state index in [2.05, 4.69) is 28.2 Å². The van der Waals surface area contributed by atoms with E-state index >= 15 is 0 Å². The zero-order valence-electron chi connectivity index (χ0n) is 26.9. The van der Waals surface area contributed by atoms with Gasteiger partial charge in [0.1, 0.15) is 23.9 Å². The highest BCUT2D eigenvalue weighted by Gasteiger charge is 2.53. The lowest BCUT2D eigenvalue weighted by Crippen LogP contribution is -2.59. The molecule has 3 atom stereocenters. The van der Waals surface area contributed by atoms with Crippen molar-refractivity contribution < 1.29 is 28.4 Å². The normalized spacial score (nSPS) is 24.8. The van der Waals surface area contributed by atoms with E-state index in [0.29, 0.717) is 28.4 Å². The molecule has 47 heavy (non-hydrogen) atoms. The molecule has 4 aliphatic rings. The molecule has 0 saturated heterocycles. The number of amides is 4. The number of furan rings is 1. The third-order valence-electron chi connectivity index (χ3n) is 10.3. The largest absolute Gasteiger partial charge is 0.451 e. The summed E-state index contributed by atoms with van der Waals surface area (Å²) in [7, 11) is 1.32. The van der Waals surface area contributed by atoms with Gasteiger partial charge < -0.3 is 30.3 Å². The standard InChI is InChI=1S/C35H41N5O7/c1-19-23-7-4-5-9-27(23)47-30(19)33(45)37-24(10-11-26(41)32(44)36-3)31(43)38-25-8-6-12-40(34(25)46)18-28(42)39-29-21-13-20-14-22(29)17-35(2,15-20)16-21/h4-9,12,20-22,24,29H,10-11,13-18H2,1-3H3,(H,36,44)(H,37,45)(H,38,43)(H,39,42)/t20?,21?,22?,24-,29?,35?/m0/s1. The molecule has 0 aliphatic heterocycles. The van der Waals surface area contributed by atoms with Crippen LogP contribution in [0.1, 0.15) is 68.0 Å². The maximum Gasteiger partial charge on any atom is 0.287 e. The van der Waals surface area contributed by atoms with Crippen LogP contribution in [0.4, 0.5) is 5.69 Å². The second-order valence-corrected chi connectivity index (χ2v) is 13.8. The molecule has 4 amide bonds. The molecule has 2 heterocycles. The van der Waals surface area contributed by atoms with Gasteiger partial charge in [0.15, 0.2) is 5.76 Å². The molecule has 4 fully saturated rings. The molecule has 7 rings (SSSR count). The average Bonchev–Trinajstić information content (AvgIpc) is 3.37. The van der Waals surface area contributed by atoms with Gasteiger partial charge in [0.2, 0.25) is 17.6 Å². The van der Waals surface area contributed by atoms with Crippen LogP contribution in [-0.2, 0) is 25.7 Å². The SMILES string of the molecule is CNC(=O)C(=O)CC[C@H](NC(=O)c1oc2ccccc2c1C)C(=O)Nc1cccn(CC(=O)NC2C3CC4CC2CC(C)(C4)C3)c1=O. The van der Waals surface area contributed by atoms with Gasteiger partial charge in [-0.1, -0.05) is 25.1 Å². The first-order chi connectivity index (χ1) is 22.4. The number of pyridine rings is 1. The molecule has 248 valence electrons. The first-order valence-electron chi connectivity index (χ1n) is 16.3. The van der Waals surface area contributed by atoms with Crippen molar-refractivity contribution in [3.8, 4) is 0 Å². The number of nitrogens with zero attached hydrogens (tertiary/aromatic N) is 1. The highest BCUT2D eigenvalue weighted by Crippen LogP contribution is 2.59. The second-order valence-electron chi connectivity index (χ2n) is 13.8. The van der Waals surface area contributed by atoms with Crippen LogP contribution in [0.2, 0.25) is 0 Å². The van der Waals surface area contributed by atoms with Gasteiger partial charge in [0, 0.05) is 36.7 Å². The number of rotatable bonds is 11. The fraction of sp³-hybridized carbons (Fsp3) is 0.486. The summed E-state index contributed by atoms with van der Waals surface area (Å²) in [6, 6.07) is 8.89. The van der Waals surface area contributed by atoms with Crippen molar-refractivity contribution in [2.24, 2.45) is 23.2 Å². The first-order valence-corrected chi connectivity index (χ1v) is 16.3. The van der Waals surface area contributed by atoms with Gasteiger partial charge in [-0.05, 0) is 86.8 Å². The van der Waals surface area contributed by atoms with Crippen molar-refractivity contribution in [1.82, 2.24) is 20.5 Å². The highest BCUT2D eigenvalue weighted by atomic mass is 16.3. The van der Waals surface area contributed by atoms with E-state index in [1.807, 2.05) is 6.07 Å². The van der Waals surface area contributed by atoms with Crippen LogP contribution in [0.15, 0.2) is 51.8 Å². The van der Waals surface area contributed by atoms with Gasteiger partial charge in [0.25, 0.3) is 17.4 Å². The Morgan fingerprint density at radius 2 is 1.74 bits per heavy atom. The quantitative estimate of drug-likeness (QED) is 0.233. The fourth-order valence-electron chi connectivity index (χ4n) is 8.44. The summed E-state index contributed by atoms with van der Waals surface area (Å²) in [5.74, 6) is -1.62. The Kier molecular flexibility index (Phi) is 8.78. The second kappa shape index (κ2) is 12.8. The molecule has 0 spiro atoms. The van der Waals surface area contributed by atoms with Crippen molar-refractivity contribution in [3.63, 3.8) is 0 Å². The summed E-state index contributed by atoms with van der Waals surface area (Å²) in [6.45, 7) is 3.88. The van der Waals surface area contributed by atoms with Crippen LogP contribution in [0.5, 0.6) is 0 Å². The van der Waals surface area contributed by atoms with Crippen LogP contribution in [-0.4, -0.2) is 53.1 Å². The highest BCUT2D eigenvalue weighted by molar-refractivity contribution is 6.36. The molecular weight excluding hydrogens is 602 g/mol. The maximum atomic E-state index is 13.5. The molecule has 2 unspecified atom stereocenters. The molecule has 3 aromatic rings. The summed E-state index contributed by atoms with van der Waals surface area (Å²) in [5, 5.41) is 11.4. The molecule has 12 nitrogen and oxygen atoms in total. The van der Waals surface area contributed by atoms with E-state index in [-0.39, 0.29) is 42.8 Å². The lowest BCUT2D eigenvalue weighted by atomic mass is 9.48. The Morgan fingerprint density at radius 1 is 1.02 bits per heavy atom. The van der Waals surface area contributed by atoms with Gasteiger partial charge in [-0.25, -0.2) is 0 Å². The van der Waals surface area contributed by atoms with Gasteiger partial charge >= 0.3 is 0 Å². The minimum absolute atomic E-state index is 0.00273. The number of anilines is 1. The number of carbonyl (C=O) groups excluding carboxylic acids is 5. The van der Waals surface area contributed by atoms with E-state index in [1.54, 1.807) is 31.2 Å². The zero-order valence-corrected chi connectivity index (χ0v) is 26.9. The fourth-order valence-corrected chi connectivity index (χ4v) is 8.44. The van der Waals surface area contributed by atoms with E-state index in [1.165, 1.54) is 30.3 Å². The number of benzene rings is 1. The summed E-state index contributed by atoms with van der Waals surface area (Å²) < 4.78 is 6.98. The monoisotopic (exact) mass is 643 g/mol. The molecular formula is C35H41N5O7. The Hall–Kier alpha value is -4.74. The van der Waals surface area contributed by atoms with Crippen LogP contribution in [0, 0.1) is 30.1 Å². The van der Waals surface area contributed by atoms with E-state index < -0.39 is 35.1 Å². The summed E-state index contributed by atoms with van der Waals surface area (Å²) in [4.78, 5) is 77.4. The molecule has 1 aromatic carbocycles. The molecule has 4 saturated carbocycles. The Labute approximate surface area is 272 Å². The number of aromatic nitrogens is 1. The van der Waals surface area contributed by atoms with Gasteiger partial charge in [-0.15, -0.1) is 0 Å². The van der Waals surface area contributed by atoms with Crippen molar-refractivity contribution in [3.05, 3.63) is 64.3 Å². The minimum atomic E-state index is -1.29. The van der Waals surface area contributed by atoms with Gasteiger partial charge in [-0.3, -0.25) is 28.8 Å². The first kappa shape index (κ1) is 32.2. The number of likely N-dealkylation sites (N-methyl/N-ethyl adjacent to an activating group) is 1. The molecule has 12 heteroatoms. The molecule has 2 aromatic heterocycles. The lowest BCUT2D eigenvalue weighted by molar-refractivity contribution is -0.137. The van der Waals surface area contributed by atoms with Gasteiger partial charge in [-0.2, -0.15) is 0 Å². The number of nitrogens with one attached hydrogen (secondary N) is 4. The molecule has 4 N–H and O–H groups in total. The number of fused-ring (bicyclic) bond motifs is 1. The Bertz CT molecular complexity index is 1790. The number of ketones is 1. The number of Topliss-reactive ketones (excluding diaryl/α,β-unsaturated/α-hetero) is 1. The molecule has 4 aliphatic carbocycles. The van der Waals surface area contributed by atoms with Crippen LogP contribution in [0.25, 0.3) is 11.0 Å². The number of carbonyl (C=O) groups is 5. The van der Waals surface area contributed by atoms with Crippen LogP contribution < -0.4 is 26.8 Å². The number of para-hydroxylation sites is 1. The average molecular weight is 644 g/mol. The van der Waals surface area contributed by atoms with Crippen LogP contribution in [0.3, 0.4) is 0 Å². The third-order valence-corrected chi connectivity index (χ3v) is 10.3. The summed E-state index contributed by atoms with van der Waals surface area (Å²) >= 11 is 0. The summed E-state index contributed by atoms with van der Waals surface area (Å²) in [6.07, 6.45) is 6.74. The number of hydrogen-bond acceptors (Lipinski definition) is 7. The Morgan fingerprint density at radius 3 is 2.43 bits per heavy atom. The predicted octanol–water partition coefficient (Wildman–Crippen LogP) is 3.07. The number of aryl methyl sites for hydroxylation is 1. The van der Waals surface area contributed by atoms with Crippen LogP contribution >= 0.6 is 0 Å². The van der Waals surface area contributed by atoms with E-state index in [0.717, 1.165) is 37.0 Å². The van der Waals surface area contributed by atoms with E-state index in [4.69, 9.17) is 4.42 Å². The Balaban J connectivity index is 1.14. The zero-order chi connectivity index (χ0) is 33.5. The van der Waals surface area contributed by atoms with E-state index in [9.17, 15) is 28.8 Å². The topological polar surface area (TPSA) is 169 Å². The smallest absolute Gasteiger partial charge is 0.287 e. The minimum Gasteiger partial charge on any atom is -0.451 e.